The first-order chi connectivity index (χ1) is 8.08. The number of aromatic nitrogens is 2. The lowest BCUT2D eigenvalue weighted by Gasteiger charge is -2.04. The van der Waals surface area contributed by atoms with E-state index in [-0.39, 0.29) is 0 Å². The summed E-state index contributed by atoms with van der Waals surface area (Å²) < 4.78 is 0. The molecule has 1 aromatic heterocycles. The SMILES string of the molecule is CC(C)c1ccc(-c2nnc(C(C)C)s2)cc1. The van der Waals surface area contributed by atoms with E-state index in [2.05, 4.69) is 62.2 Å². The van der Waals surface area contributed by atoms with Gasteiger partial charge in [0.15, 0.2) is 0 Å². The van der Waals surface area contributed by atoms with Gasteiger partial charge in [-0.3, -0.25) is 0 Å². The van der Waals surface area contributed by atoms with E-state index in [0.717, 1.165) is 10.0 Å². The van der Waals surface area contributed by atoms with Crippen LogP contribution in [0.3, 0.4) is 0 Å². The van der Waals surface area contributed by atoms with Crippen molar-refractivity contribution >= 4 is 11.3 Å². The fraction of sp³-hybridized carbons (Fsp3) is 0.429. The van der Waals surface area contributed by atoms with Gasteiger partial charge in [-0.15, -0.1) is 10.2 Å². The number of hydrogen-bond acceptors (Lipinski definition) is 3. The van der Waals surface area contributed by atoms with E-state index in [9.17, 15) is 0 Å². The predicted octanol–water partition coefficient (Wildman–Crippen LogP) is 4.45. The fourth-order valence-electron chi connectivity index (χ4n) is 1.60. The summed E-state index contributed by atoms with van der Waals surface area (Å²) in [6, 6.07) is 8.63. The Morgan fingerprint density at radius 1 is 0.882 bits per heavy atom. The molecule has 0 N–H and O–H groups in total. The van der Waals surface area contributed by atoms with Crippen molar-refractivity contribution in [2.24, 2.45) is 0 Å². The Morgan fingerprint density at radius 2 is 1.53 bits per heavy atom. The van der Waals surface area contributed by atoms with Gasteiger partial charge in [0.2, 0.25) is 0 Å². The molecule has 0 atom stereocenters. The third-order valence-corrected chi connectivity index (χ3v) is 4.03. The number of hydrogen-bond donors (Lipinski definition) is 0. The van der Waals surface area contributed by atoms with Gasteiger partial charge in [0.25, 0.3) is 0 Å². The first-order valence-corrected chi connectivity index (χ1v) is 6.83. The molecule has 0 saturated heterocycles. The van der Waals surface area contributed by atoms with Crippen LogP contribution in [0.15, 0.2) is 24.3 Å². The first kappa shape index (κ1) is 12.2. The first-order valence-electron chi connectivity index (χ1n) is 6.01. The smallest absolute Gasteiger partial charge is 0.143 e. The van der Waals surface area contributed by atoms with Gasteiger partial charge in [0.1, 0.15) is 10.0 Å². The van der Waals surface area contributed by atoms with E-state index in [1.807, 2.05) is 0 Å². The zero-order chi connectivity index (χ0) is 12.4. The molecule has 0 saturated carbocycles. The van der Waals surface area contributed by atoms with Crippen molar-refractivity contribution < 1.29 is 0 Å². The topological polar surface area (TPSA) is 25.8 Å². The Labute approximate surface area is 107 Å². The molecule has 0 aliphatic rings. The Kier molecular flexibility index (Phi) is 3.57. The van der Waals surface area contributed by atoms with Crippen LogP contribution >= 0.6 is 11.3 Å². The molecule has 2 aromatic rings. The lowest BCUT2D eigenvalue weighted by atomic mass is 10.0. The molecular weight excluding hydrogens is 228 g/mol. The van der Waals surface area contributed by atoms with Gasteiger partial charge in [0.05, 0.1) is 0 Å². The van der Waals surface area contributed by atoms with Gasteiger partial charge in [-0.1, -0.05) is 63.3 Å². The third-order valence-electron chi connectivity index (χ3n) is 2.76. The monoisotopic (exact) mass is 246 g/mol. The minimum Gasteiger partial charge on any atom is -0.143 e. The average Bonchev–Trinajstić information content (AvgIpc) is 2.78. The molecule has 0 aliphatic carbocycles. The second-order valence-electron chi connectivity index (χ2n) is 4.88. The van der Waals surface area contributed by atoms with E-state index in [0.29, 0.717) is 11.8 Å². The molecule has 0 unspecified atom stereocenters. The van der Waals surface area contributed by atoms with Crippen molar-refractivity contribution in [3.63, 3.8) is 0 Å². The lowest BCUT2D eigenvalue weighted by molar-refractivity contribution is 0.825. The highest BCUT2D eigenvalue weighted by atomic mass is 32.1. The molecule has 0 radical (unpaired) electrons. The van der Waals surface area contributed by atoms with Crippen LogP contribution in [-0.4, -0.2) is 10.2 Å². The maximum atomic E-state index is 4.25. The normalized spacial score (nSPS) is 11.4. The van der Waals surface area contributed by atoms with Crippen molar-refractivity contribution in [1.29, 1.82) is 0 Å². The van der Waals surface area contributed by atoms with Gasteiger partial charge in [-0.2, -0.15) is 0 Å². The van der Waals surface area contributed by atoms with Crippen LogP contribution in [0.25, 0.3) is 10.6 Å². The maximum absolute atomic E-state index is 4.25. The lowest BCUT2D eigenvalue weighted by Crippen LogP contribution is -1.86. The van der Waals surface area contributed by atoms with Crippen molar-refractivity contribution in [3.8, 4) is 10.6 Å². The van der Waals surface area contributed by atoms with Crippen LogP contribution < -0.4 is 0 Å². The van der Waals surface area contributed by atoms with Gasteiger partial charge in [-0.05, 0) is 11.5 Å². The van der Waals surface area contributed by atoms with E-state index in [1.165, 1.54) is 11.1 Å². The van der Waals surface area contributed by atoms with E-state index >= 15 is 0 Å². The molecular formula is C14H18N2S. The Hall–Kier alpha value is -1.22. The molecule has 90 valence electrons. The molecule has 0 bridgehead atoms. The van der Waals surface area contributed by atoms with Crippen LogP contribution in [-0.2, 0) is 0 Å². The Bertz CT molecular complexity index is 483. The number of benzene rings is 1. The van der Waals surface area contributed by atoms with E-state index in [4.69, 9.17) is 0 Å². The molecule has 0 fully saturated rings. The van der Waals surface area contributed by atoms with Gasteiger partial charge >= 0.3 is 0 Å². The van der Waals surface area contributed by atoms with Crippen molar-refractivity contribution in [3.05, 3.63) is 34.8 Å². The predicted molar refractivity (Wildman–Crippen MR) is 73.5 cm³/mol. The summed E-state index contributed by atoms with van der Waals surface area (Å²) in [6.07, 6.45) is 0. The third kappa shape index (κ3) is 2.72. The average molecular weight is 246 g/mol. The summed E-state index contributed by atoms with van der Waals surface area (Å²) in [5, 5.41) is 10.6. The highest BCUT2D eigenvalue weighted by Crippen LogP contribution is 2.28. The zero-order valence-electron chi connectivity index (χ0n) is 10.8. The fourth-order valence-corrected chi connectivity index (χ4v) is 2.45. The summed E-state index contributed by atoms with van der Waals surface area (Å²) in [6.45, 7) is 8.70. The minimum atomic E-state index is 0.455. The van der Waals surface area contributed by atoms with Gasteiger partial charge in [0, 0.05) is 11.5 Å². The molecule has 17 heavy (non-hydrogen) atoms. The van der Waals surface area contributed by atoms with Crippen LogP contribution in [0, 0.1) is 0 Å². The van der Waals surface area contributed by atoms with E-state index in [1.54, 1.807) is 11.3 Å². The van der Waals surface area contributed by atoms with Crippen LogP contribution in [0.1, 0.15) is 50.1 Å². The largest absolute Gasteiger partial charge is 0.147 e. The molecule has 1 aromatic carbocycles. The summed E-state index contributed by atoms with van der Waals surface area (Å²) in [7, 11) is 0. The van der Waals surface area contributed by atoms with Crippen LogP contribution in [0.4, 0.5) is 0 Å². The number of rotatable bonds is 3. The molecule has 2 nitrogen and oxygen atoms in total. The quantitative estimate of drug-likeness (QED) is 0.799. The zero-order valence-corrected chi connectivity index (χ0v) is 11.6. The van der Waals surface area contributed by atoms with Gasteiger partial charge in [-0.25, -0.2) is 0 Å². The molecule has 0 amide bonds. The summed E-state index contributed by atoms with van der Waals surface area (Å²) in [4.78, 5) is 0. The molecule has 0 aliphatic heterocycles. The molecule has 0 spiro atoms. The van der Waals surface area contributed by atoms with Gasteiger partial charge < -0.3 is 0 Å². The summed E-state index contributed by atoms with van der Waals surface area (Å²) in [5.74, 6) is 1.03. The summed E-state index contributed by atoms with van der Waals surface area (Å²) in [5.41, 5.74) is 2.53. The second-order valence-corrected chi connectivity index (χ2v) is 5.89. The Balaban J connectivity index is 2.27. The standard InChI is InChI=1S/C14H18N2S/c1-9(2)11-5-7-12(8-6-11)14-16-15-13(17-14)10(3)4/h5-10H,1-4H3. The molecule has 3 heteroatoms. The van der Waals surface area contributed by atoms with Crippen LogP contribution in [0.2, 0.25) is 0 Å². The Morgan fingerprint density at radius 3 is 2.00 bits per heavy atom. The summed E-state index contributed by atoms with van der Waals surface area (Å²) >= 11 is 1.69. The van der Waals surface area contributed by atoms with E-state index < -0.39 is 0 Å². The van der Waals surface area contributed by atoms with Crippen molar-refractivity contribution in [2.75, 3.05) is 0 Å². The van der Waals surface area contributed by atoms with Crippen LogP contribution in [0.5, 0.6) is 0 Å². The van der Waals surface area contributed by atoms with Crippen molar-refractivity contribution in [1.82, 2.24) is 10.2 Å². The minimum absolute atomic E-state index is 0.455. The molecule has 2 rings (SSSR count). The highest BCUT2D eigenvalue weighted by molar-refractivity contribution is 7.14. The van der Waals surface area contributed by atoms with Crippen molar-refractivity contribution in [2.45, 2.75) is 39.5 Å². The maximum Gasteiger partial charge on any atom is 0.147 e. The molecule has 1 heterocycles. The number of nitrogens with zero attached hydrogens (tertiary/aromatic N) is 2. The highest BCUT2D eigenvalue weighted by Gasteiger charge is 2.09. The second kappa shape index (κ2) is 4.96.